The first-order valence-electron chi connectivity index (χ1n) is 5.79. The van der Waals surface area contributed by atoms with Gasteiger partial charge in [-0.05, 0) is 44.9 Å². The van der Waals surface area contributed by atoms with E-state index >= 15 is 0 Å². The Morgan fingerprint density at radius 1 is 1.33 bits per heavy atom. The summed E-state index contributed by atoms with van der Waals surface area (Å²) in [6, 6.07) is 4.19. The predicted molar refractivity (Wildman–Crippen MR) is 77.2 cm³/mol. The molecule has 0 aliphatic rings. The number of thiazole rings is 1. The van der Waals surface area contributed by atoms with Crippen LogP contribution < -0.4 is 5.32 Å². The highest BCUT2D eigenvalue weighted by Gasteiger charge is 2.08. The molecule has 18 heavy (non-hydrogen) atoms. The summed E-state index contributed by atoms with van der Waals surface area (Å²) < 4.78 is 1.11. The van der Waals surface area contributed by atoms with E-state index in [0.717, 1.165) is 21.4 Å². The van der Waals surface area contributed by atoms with Crippen molar-refractivity contribution in [3.63, 3.8) is 0 Å². The van der Waals surface area contributed by atoms with Crippen LogP contribution in [0.2, 0.25) is 0 Å². The Balaban J connectivity index is 2.34. The standard InChI is InChI=1S/C14H16N2OS/c1-8(2)5-12(17)15-14-16-13-10(4)6-9(3)7-11(13)18-14/h5-7H,1-4H3,(H,15,16,17). The monoisotopic (exact) mass is 260 g/mol. The van der Waals surface area contributed by atoms with Crippen molar-refractivity contribution < 1.29 is 4.79 Å². The van der Waals surface area contributed by atoms with Crippen LogP contribution in [0, 0.1) is 13.8 Å². The molecule has 0 unspecified atom stereocenters. The van der Waals surface area contributed by atoms with Crippen molar-refractivity contribution in [2.75, 3.05) is 5.32 Å². The molecular weight excluding hydrogens is 244 g/mol. The molecule has 2 rings (SSSR count). The molecule has 0 saturated carbocycles. The molecule has 0 aliphatic carbocycles. The van der Waals surface area contributed by atoms with Crippen molar-refractivity contribution in [3.8, 4) is 0 Å². The van der Waals surface area contributed by atoms with Gasteiger partial charge in [0.1, 0.15) is 0 Å². The van der Waals surface area contributed by atoms with E-state index in [2.05, 4.69) is 29.4 Å². The maximum atomic E-state index is 11.6. The summed E-state index contributed by atoms with van der Waals surface area (Å²) in [7, 11) is 0. The lowest BCUT2D eigenvalue weighted by atomic mass is 10.1. The van der Waals surface area contributed by atoms with Crippen LogP contribution in [0.5, 0.6) is 0 Å². The van der Waals surface area contributed by atoms with E-state index in [0.29, 0.717) is 5.13 Å². The third-order valence-electron chi connectivity index (χ3n) is 2.48. The first-order chi connectivity index (χ1) is 8.45. The Morgan fingerprint density at radius 3 is 2.72 bits per heavy atom. The highest BCUT2D eigenvalue weighted by atomic mass is 32.1. The number of carbonyl (C=O) groups excluding carboxylic acids is 1. The minimum atomic E-state index is -0.122. The number of benzene rings is 1. The predicted octanol–water partition coefficient (Wildman–Crippen LogP) is 3.82. The van der Waals surface area contributed by atoms with Crippen LogP contribution in [-0.2, 0) is 4.79 Å². The lowest BCUT2D eigenvalue weighted by Gasteiger charge is -1.96. The van der Waals surface area contributed by atoms with Crippen molar-refractivity contribution in [3.05, 3.63) is 34.9 Å². The first-order valence-corrected chi connectivity index (χ1v) is 6.61. The summed E-state index contributed by atoms with van der Waals surface area (Å²) >= 11 is 1.51. The molecule has 1 N–H and O–H groups in total. The van der Waals surface area contributed by atoms with Crippen molar-refractivity contribution in [2.24, 2.45) is 0 Å². The van der Waals surface area contributed by atoms with Crippen LogP contribution in [0.4, 0.5) is 5.13 Å². The molecule has 1 aromatic carbocycles. The van der Waals surface area contributed by atoms with Gasteiger partial charge in [0.05, 0.1) is 10.2 Å². The van der Waals surface area contributed by atoms with Crippen molar-refractivity contribution in [1.29, 1.82) is 0 Å². The van der Waals surface area contributed by atoms with Crippen LogP contribution in [0.25, 0.3) is 10.2 Å². The average Bonchev–Trinajstić information content (AvgIpc) is 2.58. The lowest BCUT2D eigenvalue weighted by Crippen LogP contribution is -2.07. The number of nitrogens with one attached hydrogen (secondary N) is 1. The number of amides is 1. The zero-order valence-electron chi connectivity index (χ0n) is 11.0. The minimum Gasteiger partial charge on any atom is -0.298 e. The van der Waals surface area contributed by atoms with Gasteiger partial charge in [-0.25, -0.2) is 4.98 Å². The summed E-state index contributed by atoms with van der Waals surface area (Å²) in [6.45, 7) is 7.89. The highest BCUT2D eigenvalue weighted by Crippen LogP contribution is 2.29. The van der Waals surface area contributed by atoms with Gasteiger partial charge < -0.3 is 0 Å². The second-order valence-electron chi connectivity index (χ2n) is 4.66. The molecule has 0 saturated heterocycles. The van der Waals surface area contributed by atoms with Gasteiger partial charge in [0.2, 0.25) is 5.91 Å². The van der Waals surface area contributed by atoms with E-state index in [9.17, 15) is 4.79 Å². The van der Waals surface area contributed by atoms with Crippen molar-refractivity contribution >= 4 is 32.6 Å². The van der Waals surface area contributed by atoms with Crippen LogP contribution >= 0.6 is 11.3 Å². The molecule has 1 aromatic heterocycles. The number of aromatic nitrogens is 1. The number of anilines is 1. The Labute approximate surface area is 111 Å². The average molecular weight is 260 g/mol. The summed E-state index contributed by atoms with van der Waals surface area (Å²) in [4.78, 5) is 16.1. The van der Waals surface area contributed by atoms with Crippen LogP contribution in [0.1, 0.15) is 25.0 Å². The quantitative estimate of drug-likeness (QED) is 0.834. The number of hydrogen-bond donors (Lipinski definition) is 1. The third-order valence-corrected chi connectivity index (χ3v) is 3.40. The van der Waals surface area contributed by atoms with Crippen LogP contribution in [-0.4, -0.2) is 10.9 Å². The van der Waals surface area contributed by atoms with E-state index in [1.807, 2.05) is 20.8 Å². The van der Waals surface area contributed by atoms with E-state index in [1.165, 1.54) is 16.9 Å². The zero-order valence-corrected chi connectivity index (χ0v) is 11.8. The summed E-state index contributed by atoms with van der Waals surface area (Å²) in [5.41, 5.74) is 4.30. The normalized spacial score (nSPS) is 10.4. The van der Waals surface area contributed by atoms with Crippen molar-refractivity contribution in [2.45, 2.75) is 27.7 Å². The van der Waals surface area contributed by atoms with Gasteiger partial charge in [-0.2, -0.15) is 0 Å². The third kappa shape index (κ3) is 2.76. The smallest absolute Gasteiger partial charge is 0.250 e. The molecule has 1 amide bonds. The Hall–Kier alpha value is -1.68. The van der Waals surface area contributed by atoms with Crippen molar-refractivity contribution in [1.82, 2.24) is 4.98 Å². The van der Waals surface area contributed by atoms with E-state index in [1.54, 1.807) is 6.08 Å². The molecule has 0 aliphatic heterocycles. The summed E-state index contributed by atoms with van der Waals surface area (Å²) in [5, 5.41) is 3.46. The van der Waals surface area contributed by atoms with E-state index in [4.69, 9.17) is 0 Å². The van der Waals surface area contributed by atoms with Gasteiger partial charge >= 0.3 is 0 Å². The number of hydrogen-bond acceptors (Lipinski definition) is 3. The molecule has 94 valence electrons. The van der Waals surface area contributed by atoms with E-state index < -0.39 is 0 Å². The number of aryl methyl sites for hydroxylation is 2. The molecule has 2 aromatic rings. The van der Waals surface area contributed by atoms with Gasteiger partial charge in [0, 0.05) is 6.08 Å². The highest BCUT2D eigenvalue weighted by molar-refractivity contribution is 7.22. The fourth-order valence-corrected chi connectivity index (χ4v) is 2.87. The SMILES string of the molecule is CC(C)=CC(=O)Nc1nc2c(C)cc(C)cc2s1. The molecule has 1 heterocycles. The largest absolute Gasteiger partial charge is 0.298 e. The topological polar surface area (TPSA) is 42.0 Å². The van der Waals surface area contributed by atoms with Gasteiger partial charge in [0.25, 0.3) is 0 Å². The Morgan fingerprint density at radius 2 is 2.06 bits per heavy atom. The Kier molecular flexibility index (Phi) is 3.48. The summed E-state index contributed by atoms with van der Waals surface area (Å²) in [5.74, 6) is -0.122. The number of nitrogens with zero attached hydrogens (tertiary/aromatic N) is 1. The molecule has 0 spiro atoms. The lowest BCUT2D eigenvalue weighted by molar-refractivity contribution is -0.111. The molecule has 0 atom stereocenters. The van der Waals surface area contributed by atoms with Gasteiger partial charge in [-0.15, -0.1) is 0 Å². The zero-order chi connectivity index (χ0) is 13.3. The number of rotatable bonds is 2. The second kappa shape index (κ2) is 4.90. The number of fused-ring (bicyclic) bond motifs is 1. The van der Waals surface area contributed by atoms with E-state index in [-0.39, 0.29) is 5.91 Å². The summed E-state index contributed by atoms with van der Waals surface area (Å²) in [6.07, 6.45) is 1.57. The van der Waals surface area contributed by atoms with Crippen LogP contribution in [0.15, 0.2) is 23.8 Å². The Bertz CT molecular complexity index is 637. The molecular formula is C14H16N2OS. The number of allylic oxidation sites excluding steroid dienone is 1. The number of carbonyl (C=O) groups is 1. The van der Waals surface area contributed by atoms with Gasteiger partial charge in [-0.1, -0.05) is 23.0 Å². The molecule has 0 bridgehead atoms. The maximum absolute atomic E-state index is 11.6. The molecule has 0 radical (unpaired) electrons. The second-order valence-corrected chi connectivity index (χ2v) is 5.69. The first kappa shape index (κ1) is 12.8. The van der Waals surface area contributed by atoms with Gasteiger partial charge in [-0.3, -0.25) is 10.1 Å². The molecule has 0 fully saturated rings. The maximum Gasteiger partial charge on any atom is 0.250 e. The van der Waals surface area contributed by atoms with Crippen LogP contribution in [0.3, 0.4) is 0 Å². The molecule has 4 heteroatoms. The van der Waals surface area contributed by atoms with Gasteiger partial charge in [0.15, 0.2) is 5.13 Å². The molecule has 3 nitrogen and oxygen atoms in total. The fraction of sp³-hybridized carbons (Fsp3) is 0.286. The minimum absolute atomic E-state index is 0.122. The fourth-order valence-electron chi connectivity index (χ4n) is 1.83.